The Hall–Kier alpha value is -3.19. The van der Waals surface area contributed by atoms with Crippen LogP contribution >= 0.6 is 11.3 Å². The zero-order valence-electron chi connectivity index (χ0n) is 16.4. The number of benzene rings is 2. The van der Waals surface area contributed by atoms with Gasteiger partial charge in [-0.3, -0.25) is 4.79 Å². The van der Waals surface area contributed by atoms with E-state index in [4.69, 9.17) is 4.74 Å². The summed E-state index contributed by atoms with van der Waals surface area (Å²) in [6.07, 6.45) is 1.05. The second-order valence-corrected chi connectivity index (χ2v) is 7.63. The van der Waals surface area contributed by atoms with Crippen LogP contribution in [0.2, 0.25) is 0 Å². The molecular formula is C22H22N4O2S. The number of rotatable bonds is 7. The van der Waals surface area contributed by atoms with Crippen LogP contribution in [0.5, 0.6) is 5.75 Å². The fraction of sp³-hybridized carbons (Fsp3) is 0.227. The Balaban J connectivity index is 1.37. The predicted molar refractivity (Wildman–Crippen MR) is 114 cm³/mol. The minimum Gasteiger partial charge on any atom is -0.497 e. The lowest BCUT2D eigenvalue weighted by Gasteiger charge is -2.06. The Morgan fingerprint density at radius 3 is 2.72 bits per heavy atom. The summed E-state index contributed by atoms with van der Waals surface area (Å²) in [6, 6.07) is 15.6. The van der Waals surface area contributed by atoms with Crippen LogP contribution in [0.4, 0.5) is 0 Å². The summed E-state index contributed by atoms with van der Waals surface area (Å²) >= 11 is 1.57. The van der Waals surface area contributed by atoms with Gasteiger partial charge in [0, 0.05) is 23.9 Å². The van der Waals surface area contributed by atoms with E-state index in [0.29, 0.717) is 19.4 Å². The van der Waals surface area contributed by atoms with Crippen LogP contribution < -0.4 is 10.1 Å². The molecule has 148 valence electrons. The number of aryl methyl sites for hydroxylation is 1. The Morgan fingerprint density at radius 2 is 1.97 bits per heavy atom. The van der Waals surface area contributed by atoms with E-state index in [1.54, 1.807) is 18.4 Å². The summed E-state index contributed by atoms with van der Waals surface area (Å²) in [6.45, 7) is 2.62. The molecule has 0 aliphatic carbocycles. The fourth-order valence-corrected chi connectivity index (χ4v) is 4.01. The molecule has 1 amide bonds. The third-order valence-electron chi connectivity index (χ3n) is 4.76. The van der Waals surface area contributed by atoms with Gasteiger partial charge < -0.3 is 10.1 Å². The van der Waals surface area contributed by atoms with E-state index in [0.717, 1.165) is 38.9 Å². The average Bonchev–Trinajstić information content (AvgIpc) is 3.30. The van der Waals surface area contributed by atoms with Gasteiger partial charge in [-0.2, -0.15) is 4.98 Å². The van der Waals surface area contributed by atoms with E-state index in [9.17, 15) is 4.79 Å². The smallest absolute Gasteiger partial charge is 0.224 e. The van der Waals surface area contributed by atoms with Crippen molar-refractivity contribution < 1.29 is 9.53 Å². The summed E-state index contributed by atoms with van der Waals surface area (Å²) in [5.74, 6) is 1.52. The van der Waals surface area contributed by atoms with Gasteiger partial charge in [0.25, 0.3) is 0 Å². The summed E-state index contributed by atoms with van der Waals surface area (Å²) in [5.41, 5.74) is 4.20. The van der Waals surface area contributed by atoms with Crippen molar-refractivity contribution in [3.63, 3.8) is 0 Å². The Bertz CT molecular complexity index is 1130. The van der Waals surface area contributed by atoms with E-state index in [1.165, 1.54) is 0 Å². The van der Waals surface area contributed by atoms with Crippen LogP contribution in [-0.2, 0) is 17.6 Å². The maximum Gasteiger partial charge on any atom is 0.224 e. The molecule has 0 aliphatic heterocycles. The zero-order chi connectivity index (χ0) is 20.2. The van der Waals surface area contributed by atoms with E-state index in [2.05, 4.69) is 28.4 Å². The Kier molecular flexibility index (Phi) is 5.57. The molecule has 0 bridgehead atoms. The highest BCUT2D eigenvalue weighted by atomic mass is 32.1. The quantitative estimate of drug-likeness (QED) is 0.508. The molecule has 0 spiro atoms. The summed E-state index contributed by atoms with van der Waals surface area (Å²) in [7, 11) is 1.63. The molecule has 2 aromatic heterocycles. The van der Waals surface area contributed by atoms with Gasteiger partial charge in [0.1, 0.15) is 5.75 Å². The average molecular weight is 407 g/mol. The lowest BCUT2D eigenvalue weighted by molar-refractivity contribution is -0.120. The molecular weight excluding hydrogens is 384 g/mol. The molecule has 4 rings (SSSR count). The van der Waals surface area contributed by atoms with Gasteiger partial charge in [-0.1, -0.05) is 36.4 Å². The highest BCUT2D eigenvalue weighted by Gasteiger charge is 2.13. The standard InChI is InChI=1S/C22H22N4O2S/c1-15-5-3-4-6-19(15)21-24-22-26(25-21)17(14-29-22)11-12-23-20(27)13-16-7-9-18(28-2)10-8-16/h3-10,14H,11-13H2,1-2H3,(H,23,27). The maximum absolute atomic E-state index is 12.2. The zero-order valence-corrected chi connectivity index (χ0v) is 17.2. The third-order valence-corrected chi connectivity index (χ3v) is 5.63. The van der Waals surface area contributed by atoms with Crippen LogP contribution in [0, 0.1) is 6.92 Å². The third kappa shape index (κ3) is 4.30. The second kappa shape index (κ2) is 8.45. The van der Waals surface area contributed by atoms with Crippen LogP contribution in [0.3, 0.4) is 0 Å². The second-order valence-electron chi connectivity index (χ2n) is 6.80. The molecule has 7 heteroatoms. The molecule has 2 aromatic carbocycles. The first-order valence-electron chi connectivity index (χ1n) is 9.43. The summed E-state index contributed by atoms with van der Waals surface area (Å²) in [4.78, 5) is 17.7. The minimum absolute atomic E-state index is 0.000769. The number of methoxy groups -OCH3 is 1. The van der Waals surface area contributed by atoms with E-state index in [-0.39, 0.29) is 5.91 Å². The first kappa shape index (κ1) is 19.1. The molecule has 4 aromatic rings. The number of fused-ring (bicyclic) bond motifs is 1. The molecule has 0 saturated heterocycles. The number of carbonyl (C=O) groups is 1. The molecule has 0 atom stereocenters. The maximum atomic E-state index is 12.2. The van der Waals surface area contributed by atoms with Gasteiger partial charge in [0.05, 0.1) is 19.2 Å². The Labute approximate surface area is 173 Å². The number of nitrogens with zero attached hydrogens (tertiary/aromatic N) is 3. The first-order chi connectivity index (χ1) is 14.1. The molecule has 6 nitrogen and oxygen atoms in total. The van der Waals surface area contributed by atoms with Crippen molar-refractivity contribution in [1.82, 2.24) is 19.9 Å². The highest BCUT2D eigenvalue weighted by Crippen LogP contribution is 2.23. The highest BCUT2D eigenvalue weighted by molar-refractivity contribution is 7.15. The molecule has 0 aliphatic rings. The van der Waals surface area contributed by atoms with Gasteiger partial charge in [-0.25, -0.2) is 4.52 Å². The molecule has 1 N–H and O–H groups in total. The van der Waals surface area contributed by atoms with Crippen molar-refractivity contribution in [1.29, 1.82) is 0 Å². The first-order valence-corrected chi connectivity index (χ1v) is 10.3. The van der Waals surface area contributed by atoms with Gasteiger partial charge in [0.2, 0.25) is 10.9 Å². The van der Waals surface area contributed by atoms with Crippen molar-refractivity contribution >= 4 is 22.2 Å². The number of carbonyl (C=O) groups excluding carboxylic acids is 1. The van der Waals surface area contributed by atoms with E-state index >= 15 is 0 Å². The predicted octanol–water partition coefficient (Wildman–Crippen LogP) is 3.68. The topological polar surface area (TPSA) is 68.5 Å². The van der Waals surface area contributed by atoms with Crippen molar-refractivity contribution in [2.45, 2.75) is 19.8 Å². The lowest BCUT2D eigenvalue weighted by atomic mass is 10.1. The van der Waals surface area contributed by atoms with E-state index in [1.807, 2.05) is 52.4 Å². The van der Waals surface area contributed by atoms with Gasteiger partial charge in [-0.05, 0) is 30.2 Å². The monoisotopic (exact) mass is 406 g/mol. The van der Waals surface area contributed by atoms with Crippen LogP contribution in [0.25, 0.3) is 16.3 Å². The number of hydrogen-bond donors (Lipinski definition) is 1. The molecule has 0 unspecified atom stereocenters. The van der Waals surface area contributed by atoms with Crippen molar-refractivity contribution in [3.05, 3.63) is 70.7 Å². The van der Waals surface area contributed by atoms with Crippen molar-refractivity contribution in [2.24, 2.45) is 0 Å². The minimum atomic E-state index is 0.000769. The summed E-state index contributed by atoms with van der Waals surface area (Å²) < 4.78 is 7.02. The fourth-order valence-electron chi connectivity index (χ4n) is 3.16. The van der Waals surface area contributed by atoms with Crippen molar-refractivity contribution in [3.8, 4) is 17.1 Å². The van der Waals surface area contributed by atoms with Crippen LogP contribution in [0.1, 0.15) is 16.8 Å². The number of nitrogens with one attached hydrogen (secondary N) is 1. The van der Waals surface area contributed by atoms with Crippen LogP contribution in [-0.4, -0.2) is 34.2 Å². The number of thiazole rings is 1. The normalized spacial score (nSPS) is 11.0. The van der Waals surface area contributed by atoms with Crippen molar-refractivity contribution in [2.75, 3.05) is 13.7 Å². The number of aromatic nitrogens is 3. The van der Waals surface area contributed by atoms with Crippen LogP contribution in [0.15, 0.2) is 53.9 Å². The molecule has 0 radical (unpaired) electrons. The largest absolute Gasteiger partial charge is 0.497 e. The van der Waals surface area contributed by atoms with E-state index < -0.39 is 0 Å². The number of hydrogen-bond acceptors (Lipinski definition) is 5. The summed E-state index contributed by atoms with van der Waals surface area (Å²) in [5, 5.41) is 9.71. The number of ether oxygens (including phenoxy) is 1. The molecule has 0 saturated carbocycles. The van der Waals surface area contributed by atoms with Gasteiger partial charge >= 0.3 is 0 Å². The SMILES string of the molecule is COc1ccc(CC(=O)NCCc2csc3nc(-c4ccccc4C)nn23)cc1. The Morgan fingerprint density at radius 1 is 1.17 bits per heavy atom. The number of amides is 1. The molecule has 2 heterocycles. The van der Waals surface area contributed by atoms with Gasteiger partial charge in [-0.15, -0.1) is 16.4 Å². The lowest BCUT2D eigenvalue weighted by Crippen LogP contribution is -2.27. The molecule has 0 fully saturated rings. The molecule has 29 heavy (non-hydrogen) atoms. The van der Waals surface area contributed by atoms with Gasteiger partial charge in [0.15, 0.2) is 5.82 Å².